The minimum Gasteiger partial charge on any atom is -0.481 e. The Morgan fingerprint density at radius 1 is 1.39 bits per heavy atom. The zero-order chi connectivity index (χ0) is 13.7. The summed E-state index contributed by atoms with van der Waals surface area (Å²) in [5.74, 6) is 1.03. The molecule has 0 saturated heterocycles. The predicted molar refractivity (Wildman–Crippen MR) is 74.0 cm³/mol. The molecule has 0 saturated carbocycles. The molecule has 1 amide bonds. The Morgan fingerprint density at radius 3 is 2.61 bits per heavy atom. The van der Waals surface area contributed by atoms with Gasteiger partial charge in [0.25, 0.3) is 5.91 Å². The molecule has 0 heterocycles. The van der Waals surface area contributed by atoms with Crippen LogP contribution in [0.25, 0.3) is 0 Å². The average molecular weight is 270 g/mol. The van der Waals surface area contributed by atoms with Crippen LogP contribution in [0.2, 0.25) is 5.02 Å². The van der Waals surface area contributed by atoms with Crippen molar-refractivity contribution in [3.63, 3.8) is 0 Å². The van der Waals surface area contributed by atoms with Crippen LogP contribution in [-0.2, 0) is 4.79 Å². The lowest BCUT2D eigenvalue weighted by Gasteiger charge is -2.23. The van der Waals surface area contributed by atoms with Crippen molar-refractivity contribution >= 4 is 17.5 Å². The second-order valence-corrected chi connectivity index (χ2v) is 5.27. The van der Waals surface area contributed by atoms with Crippen LogP contribution in [0.5, 0.6) is 5.75 Å². The highest BCUT2D eigenvalue weighted by Gasteiger charge is 2.19. The Morgan fingerprint density at radius 2 is 2.06 bits per heavy atom. The van der Waals surface area contributed by atoms with E-state index >= 15 is 0 Å². The van der Waals surface area contributed by atoms with Crippen LogP contribution >= 0.6 is 11.6 Å². The molecule has 0 radical (unpaired) electrons. The molecule has 3 nitrogen and oxygen atoms in total. The SMILES string of the molecule is CC(C)CN(C)C(=O)C(C)Oc1cccc(Cl)c1. The lowest BCUT2D eigenvalue weighted by Crippen LogP contribution is -2.39. The lowest BCUT2D eigenvalue weighted by atomic mass is 10.2. The topological polar surface area (TPSA) is 29.5 Å². The first kappa shape index (κ1) is 14.8. The zero-order valence-electron chi connectivity index (χ0n) is 11.3. The van der Waals surface area contributed by atoms with Crippen molar-refractivity contribution in [2.45, 2.75) is 26.9 Å². The highest BCUT2D eigenvalue weighted by Crippen LogP contribution is 2.18. The Kier molecular flexibility index (Phi) is 5.48. The van der Waals surface area contributed by atoms with E-state index in [-0.39, 0.29) is 5.91 Å². The smallest absolute Gasteiger partial charge is 0.263 e. The van der Waals surface area contributed by atoms with Gasteiger partial charge < -0.3 is 9.64 Å². The van der Waals surface area contributed by atoms with Crippen molar-refractivity contribution in [3.8, 4) is 5.75 Å². The van der Waals surface area contributed by atoms with Crippen LogP contribution in [0.3, 0.4) is 0 Å². The molecule has 0 bridgehead atoms. The second kappa shape index (κ2) is 6.64. The van der Waals surface area contributed by atoms with E-state index in [4.69, 9.17) is 16.3 Å². The van der Waals surface area contributed by atoms with Crippen LogP contribution in [0.1, 0.15) is 20.8 Å². The molecule has 4 heteroatoms. The summed E-state index contributed by atoms with van der Waals surface area (Å²) in [6.45, 7) is 6.63. The van der Waals surface area contributed by atoms with Crippen molar-refractivity contribution in [3.05, 3.63) is 29.3 Å². The molecule has 1 aromatic carbocycles. The number of nitrogens with zero attached hydrogens (tertiary/aromatic N) is 1. The molecule has 0 fully saturated rings. The maximum atomic E-state index is 12.0. The third kappa shape index (κ3) is 4.57. The standard InChI is InChI=1S/C14H20ClNO2/c1-10(2)9-16(4)14(17)11(3)18-13-7-5-6-12(15)8-13/h5-8,10-11H,9H2,1-4H3. The van der Waals surface area contributed by atoms with Gasteiger partial charge in [-0.25, -0.2) is 0 Å². The molecule has 1 unspecified atom stereocenters. The van der Waals surface area contributed by atoms with Gasteiger partial charge in [-0.05, 0) is 31.0 Å². The van der Waals surface area contributed by atoms with Crippen molar-refractivity contribution in [2.24, 2.45) is 5.92 Å². The number of halogens is 1. The first-order chi connectivity index (χ1) is 8.40. The minimum atomic E-state index is -0.507. The third-order valence-corrected chi connectivity index (χ3v) is 2.71. The third-order valence-electron chi connectivity index (χ3n) is 2.47. The van der Waals surface area contributed by atoms with Gasteiger partial charge in [0.1, 0.15) is 5.75 Å². The van der Waals surface area contributed by atoms with E-state index in [0.717, 1.165) is 6.54 Å². The molecule has 0 aliphatic heterocycles. The number of rotatable bonds is 5. The number of carbonyl (C=O) groups is 1. The first-order valence-electron chi connectivity index (χ1n) is 6.07. The summed E-state index contributed by atoms with van der Waals surface area (Å²) in [4.78, 5) is 13.7. The van der Waals surface area contributed by atoms with Crippen molar-refractivity contribution in [2.75, 3.05) is 13.6 Å². The van der Waals surface area contributed by atoms with Gasteiger partial charge in [-0.3, -0.25) is 4.79 Å². The molecular formula is C14H20ClNO2. The molecular weight excluding hydrogens is 250 g/mol. The van der Waals surface area contributed by atoms with Gasteiger partial charge in [-0.2, -0.15) is 0 Å². The molecule has 100 valence electrons. The number of ether oxygens (including phenoxy) is 1. The second-order valence-electron chi connectivity index (χ2n) is 4.83. The number of benzene rings is 1. The monoisotopic (exact) mass is 269 g/mol. The molecule has 18 heavy (non-hydrogen) atoms. The van der Waals surface area contributed by atoms with Gasteiger partial charge in [0.2, 0.25) is 0 Å². The largest absolute Gasteiger partial charge is 0.481 e. The Balaban J connectivity index is 2.59. The van der Waals surface area contributed by atoms with Crippen LogP contribution in [0.4, 0.5) is 0 Å². The first-order valence-corrected chi connectivity index (χ1v) is 6.45. The van der Waals surface area contributed by atoms with Crippen molar-refractivity contribution in [1.29, 1.82) is 0 Å². The number of hydrogen-bond acceptors (Lipinski definition) is 2. The Labute approximate surface area is 114 Å². The van der Waals surface area contributed by atoms with E-state index in [1.807, 2.05) is 0 Å². The van der Waals surface area contributed by atoms with E-state index in [0.29, 0.717) is 16.7 Å². The van der Waals surface area contributed by atoms with Gasteiger partial charge in [0, 0.05) is 18.6 Å². The van der Waals surface area contributed by atoms with Gasteiger partial charge in [-0.1, -0.05) is 31.5 Å². The van der Waals surface area contributed by atoms with E-state index < -0.39 is 6.10 Å². The van der Waals surface area contributed by atoms with Gasteiger partial charge in [0.05, 0.1) is 0 Å². The summed E-state index contributed by atoms with van der Waals surface area (Å²) in [7, 11) is 1.79. The molecule has 0 aliphatic carbocycles. The van der Waals surface area contributed by atoms with E-state index in [1.165, 1.54) is 0 Å². The fraction of sp³-hybridized carbons (Fsp3) is 0.500. The summed E-state index contributed by atoms with van der Waals surface area (Å²) >= 11 is 5.86. The van der Waals surface area contributed by atoms with E-state index in [1.54, 1.807) is 43.1 Å². The van der Waals surface area contributed by atoms with E-state index in [9.17, 15) is 4.79 Å². The molecule has 1 atom stereocenters. The van der Waals surface area contributed by atoms with Crippen molar-refractivity contribution < 1.29 is 9.53 Å². The Bertz CT molecular complexity index is 407. The van der Waals surface area contributed by atoms with Gasteiger partial charge in [-0.15, -0.1) is 0 Å². The Hall–Kier alpha value is -1.22. The molecule has 1 rings (SSSR count). The fourth-order valence-electron chi connectivity index (χ4n) is 1.74. The minimum absolute atomic E-state index is 0.0244. The summed E-state index contributed by atoms with van der Waals surface area (Å²) in [6.07, 6.45) is -0.507. The van der Waals surface area contributed by atoms with Gasteiger partial charge in [0.15, 0.2) is 6.10 Å². The quantitative estimate of drug-likeness (QED) is 0.821. The summed E-state index contributed by atoms with van der Waals surface area (Å²) in [6, 6.07) is 7.06. The normalized spacial score (nSPS) is 12.3. The molecule has 0 aliphatic rings. The summed E-state index contributed by atoms with van der Waals surface area (Å²) < 4.78 is 5.58. The van der Waals surface area contributed by atoms with Crippen LogP contribution < -0.4 is 4.74 Å². The van der Waals surface area contributed by atoms with Crippen molar-refractivity contribution in [1.82, 2.24) is 4.90 Å². The van der Waals surface area contributed by atoms with Crippen LogP contribution in [-0.4, -0.2) is 30.5 Å². The number of hydrogen-bond donors (Lipinski definition) is 0. The summed E-state index contributed by atoms with van der Waals surface area (Å²) in [5.41, 5.74) is 0. The van der Waals surface area contributed by atoms with Crippen LogP contribution in [0, 0.1) is 5.92 Å². The number of amides is 1. The zero-order valence-corrected chi connectivity index (χ0v) is 12.1. The molecule has 1 aromatic rings. The van der Waals surface area contributed by atoms with Crippen LogP contribution in [0.15, 0.2) is 24.3 Å². The number of carbonyl (C=O) groups excluding carboxylic acids is 1. The fourth-order valence-corrected chi connectivity index (χ4v) is 1.92. The maximum Gasteiger partial charge on any atom is 0.263 e. The van der Waals surface area contributed by atoms with E-state index in [2.05, 4.69) is 13.8 Å². The molecule has 0 spiro atoms. The maximum absolute atomic E-state index is 12.0. The average Bonchev–Trinajstić information content (AvgIpc) is 2.27. The highest BCUT2D eigenvalue weighted by molar-refractivity contribution is 6.30. The highest BCUT2D eigenvalue weighted by atomic mass is 35.5. The molecule has 0 N–H and O–H groups in total. The predicted octanol–water partition coefficient (Wildman–Crippen LogP) is 3.22. The molecule has 0 aromatic heterocycles. The number of likely N-dealkylation sites (N-methyl/N-ethyl adjacent to an activating group) is 1. The lowest BCUT2D eigenvalue weighted by molar-refractivity contribution is -0.137. The summed E-state index contributed by atoms with van der Waals surface area (Å²) in [5, 5.41) is 0.600. The van der Waals surface area contributed by atoms with Gasteiger partial charge >= 0.3 is 0 Å².